The van der Waals surface area contributed by atoms with Crippen molar-refractivity contribution in [3.05, 3.63) is 53.4 Å². The molecule has 2 heterocycles. The monoisotopic (exact) mass is 427 g/mol. The molecular weight excluding hydrogens is 406 g/mol. The summed E-state index contributed by atoms with van der Waals surface area (Å²) in [5, 5.41) is 12.8. The van der Waals surface area contributed by atoms with Crippen LogP contribution in [-0.2, 0) is 11.2 Å². The molecule has 30 heavy (non-hydrogen) atoms. The number of nitrogens with two attached hydrogens (primary N) is 1. The van der Waals surface area contributed by atoms with Crippen LogP contribution in [0.2, 0.25) is 0 Å². The zero-order chi connectivity index (χ0) is 21.8. The molecule has 0 aliphatic carbocycles. The molecule has 4 N–H and O–H groups in total. The summed E-state index contributed by atoms with van der Waals surface area (Å²) in [7, 11) is 0. The van der Waals surface area contributed by atoms with Gasteiger partial charge in [-0.3, -0.25) is 4.79 Å². The van der Waals surface area contributed by atoms with Crippen molar-refractivity contribution in [1.29, 1.82) is 0 Å². The van der Waals surface area contributed by atoms with Crippen molar-refractivity contribution >= 4 is 11.9 Å². The molecule has 3 rings (SSSR count). The molecule has 0 bridgehead atoms. The van der Waals surface area contributed by atoms with Crippen molar-refractivity contribution in [1.82, 2.24) is 14.9 Å². The Morgan fingerprint density at radius 1 is 1.20 bits per heavy atom. The number of nitrogens with one attached hydrogen (secondary N) is 1. The summed E-state index contributed by atoms with van der Waals surface area (Å²) in [5.41, 5.74) is 5.80. The van der Waals surface area contributed by atoms with E-state index in [1.165, 1.54) is 4.90 Å². The number of nitrogens with zero attached hydrogens (tertiary/aromatic N) is 3. The zero-order valence-corrected chi connectivity index (χ0v) is 15.9. The summed E-state index contributed by atoms with van der Waals surface area (Å²) < 4.78 is 53.1. The molecule has 0 radical (unpaired) electrons. The molecule has 2 aromatic rings. The summed E-state index contributed by atoms with van der Waals surface area (Å²) >= 11 is 0. The standard InChI is InChI=1S/C19H21F4N5O2/c20-11-6-25-19(26-7-11)27-8-13-4-14(29)9-28(13)18(30)3-12(24)1-10-2-16(22)17(23)5-15(10)21/h2,5-7,12-14,29H,1,3-4,8-9,24H2,(H,25,26,27)/t12-,13+,14-/m1/s1. The predicted octanol–water partition coefficient (Wildman–Crippen LogP) is 1.37. The summed E-state index contributed by atoms with van der Waals surface area (Å²) in [4.78, 5) is 21.6. The van der Waals surface area contributed by atoms with Crippen molar-refractivity contribution < 1.29 is 27.5 Å². The highest BCUT2D eigenvalue weighted by Crippen LogP contribution is 2.21. The Morgan fingerprint density at radius 3 is 2.57 bits per heavy atom. The van der Waals surface area contributed by atoms with E-state index in [-0.39, 0.29) is 49.4 Å². The summed E-state index contributed by atoms with van der Waals surface area (Å²) in [6, 6.07) is -0.0452. The average Bonchev–Trinajstić information content (AvgIpc) is 3.06. The second kappa shape index (κ2) is 9.35. The second-order valence-corrected chi connectivity index (χ2v) is 7.22. The van der Waals surface area contributed by atoms with Gasteiger partial charge < -0.3 is 21.1 Å². The number of aromatic nitrogens is 2. The number of hydrogen-bond acceptors (Lipinski definition) is 6. The topological polar surface area (TPSA) is 104 Å². The number of halogens is 4. The lowest BCUT2D eigenvalue weighted by Crippen LogP contribution is -2.42. The maximum absolute atomic E-state index is 13.8. The first kappa shape index (κ1) is 21.9. The lowest BCUT2D eigenvalue weighted by molar-refractivity contribution is -0.132. The SMILES string of the molecule is N[C@@H](CC(=O)N1C[C@H](O)C[C@H]1CNc1ncc(F)cn1)Cc1cc(F)c(F)cc1F. The van der Waals surface area contributed by atoms with Crippen LogP contribution in [0.1, 0.15) is 18.4 Å². The van der Waals surface area contributed by atoms with Crippen molar-refractivity contribution in [3.63, 3.8) is 0 Å². The van der Waals surface area contributed by atoms with Crippen molar-refractivity contribution in [2.45, 2.75) is 37.5 Å². The van der Waals surface area contributed by atoms with E-state index in [0.717, 1.165) is 18.5 Å². The fourth-order valence-corrected chi connectivity index (χ4v) is 3.42. The predicted molar refractivity (Wildman–Crippen MR) is 99.2 cm³/mol. The smallest absolute Gasteiger partial charge is 0.224 e. The minimum Gasteiger partial charge on any atom is -0.391 e. The first-order chi connectivity index (χ1) is 14.2. The van der Waals surface area contributed by atoms with Crippen molar-refractivity contribution in [2.75, 3.05) is 18.4 Å². The summed E-state index contributed by atoms with van der Waals surface area (Å²) in [6.45, 7) is 0.323. The average molecular weight is 427 g/mol. The molecule has 0 unspecified atom stereocenters. The van der Waals surface area contributed by atoms with Gasteiger partial charge in [0.15, 0.2) is 17.5 Å². The molecule has 0 saturated carbocycles. The Morgan fingerprint density at radius 2 is 1.87 bits per heavy atom. The molecule has 1 saturated heterocycles. The highest BCUT2D eigenvalue weighted by atomic mass is 19.2. The molecule has 1 amide bonds. The van der Waals surface area contributed by atoms with Gasteiger partial charge in [0.05, 0.1) is 24.5 Å². The van der Waals surface area contributed by atoms with Crippen LogP contribution in [-0.4, -0.2) is 57.2 Å². The lowest BCUT2D eigenvalue weighted by Gasteiger charge is -2.26. The molecule has 11 heteroatoms. The van der Waals surface area contributed by atoms with Crippen LogP contribution < -0.4 is 11.1 Å². The van der Waals surface area contributed by atoms with E-state index in [9.17, 15) is 27.5 Å². The number of hydrogen-bond donors (Lipinski definition) is 3. The Labute approximate surface area is 169 Å². The largest absolute Gasteiger partial charge is 0.391 e. The van der Waals surface area contributed by atoms with Gasteiger partial charge in [-0.15, -0.1) is 0 Å². The van der Waals surface area contributed by atoms with Crippen LogP contribution >= 0.6 is 0 Å². The van der Waals surface area contributed by atoms with Gasteiger partial charge in [-0.1, -0.05) is 0 Å². The number of carbonyl (C=O) groups is 1. The highest BCUT2D eigenvalue weighted by Gasteiger charge is 2.34. The lowest BCUT2D eigenvalue weighted by atomic mass is 10.0. The van der Waals surface area contributed by atoms with Crippen molar-refractivity contribution in [2.24, 2.45) is 5.73 Å². The molecule has 7 nitrogen and oxygen atoms in total. The Hall–Kier alpha value is -2.79. The first-order valence-electron chi connectivity index (χ1n) is 9.31. The van der Waals surface area contributed by atoms with Crippen LogP contribution in [0, 0.1) is 23.3 Å². The quantitative estimate of drug-likeness (QED) is 0.456. The molecule has 1 aliphatic rings. The van der Waals surface area contributed by atoms with Gasteiger partial charge in [0, 0.05) is 31.6 Å². The number of β-amino-alcohol motifs (C(OH)–C–C–N with tert-alkyl or cyclic N) is 1. The van der Waals surface area contributed by atoms with E-state index < -0.39 is 35.4 Å². The van der Waals surface area contributed by atoms with Crippen LogP contribution in [0.5, 0.6) is 0 Å². The number of aliphatic hydroxyl groups excluding tert-OH is 1. The van der Waals surface area contributed by atoms with Gasteiger partial charge in [0.1, 0.15) is 5.82 Å². The molecule has 1 aromatic carbocycles. The second-order valence-electron chi connectivity index (χ2n) is 7.22. The number of carbonyl (C=O) groups excluding carboxylic acids is 1. The van der Waals surface area contributed by atoms with Crippen LogP contribution in [0.15, 0.2) is 24.5 Å². The molecule has 1 aliphatic heterocycles. The fourth-order valence-electron chi connectivity index (χ4n) is 3.42. The van der Waals surface area contributed by atoms with Gasteiger partial charge in [-0.05, 0) is 24.5 Å². The number of anilines is 1. The van der Waals surface area contributed by atoms with Crippen LogP contribution in [0.3, 0.4) is 0 Å². The van der Waals surface area contributed by atoms with Gasteiger partial charge in [-0.2, -0.15) is 0 Å². The number of aliphatic hydroxyl groups is 1. The molecule has 3 atom stereocenters. The van der Waals surface area contributed by atoms with E-state index in [0.29, 0.717) is 12.5 Å². The Bertz CT molecular complexity index is 899. The van der Waals surface area contributed by atoms with Gasteiger partial charge in [0.2, 0.25) is 11.9 Å². The maximum atomic E-state index is 13.8. The van der Waals surface area contributed by atoms with E-state index in [1.54, 1.807) is 0 Å². The van der Waals surface area contributed by atoms with E-state index in [4.69, 9.17) is 5.73 Å². The third kappa shape index (κ3) is 5.42. The van der Waals surface area contributed by atoms with Gasteiger partial charge in [-0.25, -0.2) is 27.5 Å². The van der Waals surface area contributed by atoms with Crippen molar-refractivity contribution in [3.8, 4) is 0 Å². The molecule has 0 spiro atoms. The van der Waals surface area contributed by atoms with E-state index in [2.05, 4.69) is 15.3 Å². The zero-order valence-electron chi connectivity index (χ0n) is 15.9. The summed E-state index contributed by atoms with van der Waals surface area (Å²) in [6.07, 6.45) is 1.25. The minimum atomic E-state index is -1.30. The third-order valence-corrected chi connectivity index (χ3v) is 4.84. The van der Waals surface area contributed by atoms with E-state index in [1.807, 2.05) is 0 Å². The fraction of sp³-hybridized carbons (Fsp3) is 0.421. The molecule has 162 valence electrons. The van der Waals surface area contributed by atoms with Crippen LogP contribution in [0.25, 0.3) is 0 Å². The normalized spacial score (nSPS) is 19.7. The third-order valence-electron chi connectivity index (χ3n) is 4.84. The number of benzene rings is 1. The number of rotatable bonds is 7. The number of amides is 1. The first-order valence-corrected chi connectivity index (χ1v) is 9.31. The molecule has 1 fully saturated rings. The summed E-state index contributed by atoms with van der Waals surface area (Å²) in [5.74, 6) is -4.20. The van der Waals surface area contributed by atoms with Gasteiger partial charge in [0.25, 0.3) is 0 Å². The number of likely N-dealkylation sites (tertiary alicyclic amines) is 1. The molecule has 1 aromatic heterocycles. The molecular formula is C19H21F4N5O2. The van der Waals surface area contributed by atoms with Gasteiger partial charge >= 0.3 is 0 Å². The maximum Gasteiger partial charge on any atom is 0.224 e. The van der Waals surface area contributed by atoms with E-state index >= 15 is 0 Å². The Balaban J connectivity index is 1.58. The minimum absolute atomic E-state index is 0.0989. The Kier molecular flexibility index (Phi) is 6.83. The highest BCUT2D eigenvalue weighted by molar-refractivity contribution is 5.77. The van der Waals surface area contributed by atoms with Crippen LogP contribution in [0.4, 0.5) is 23.5 Å².